The number of hydrogen-bond acceptors (Lipinski definition) is 11. The molecule has 7 N–H and O–H groups in total. The maximum Gasteiger partial charge on any atom is 0.243 e. The Morgan fingerprint density at radius 2 is 1.62 bits per heavy atom. The summed E-state index contributed by atoms with van der Waals surface area (Å²) in [4.78, 5) is 72.3. The van der Waals surface area contributed by atoms with E-state index in [9.17, 15) is 29.1 Å². The van der Waals surface area contributed by atoms with Gasteiger partial charge in [0.1, 0.15) is 23.9 Å². The standard InChI is InChI=1S/C34H50N10O8/c1-23(2)18-28(41-34(50)29(40-24(3)45)19-25-4-6-27(46)7-5-25)33(49)42-30(20-31(47)36-9-8-26-21-35-22-38-26)32(48)37-11-14-51-16-17-52-15-13-44-12-10-39-43-44/h4-7,10,12,21-23,28-30,46H,8-9,11,13-20H2,1-3H3,(H,35,38)(H,36,47)(H,37,48)(H,40,45)(H,41,50)(H,42,49)/t28-,29+,30+/m1/s1/i10T. The summed E-state index contributed by atoms with van der Waals surface area (Å²) < 4.78 is 19.9. The lowest BCUT2D eigenvalue weighted by atomic mass is 10.0. The predicted molar refractivity (Wildman–Crippen MR) is 187 cm³/mol. The summed E-state index contributed by atoms with van der Waals surface area (Å²) in [5.74, 6) is -2.86. The molecule has 18 heteroatoms. The summed E-state index contributed by atoms with van der Waals surface area (Å²) in [7, 11) is 0. The minimum absolute atomic E-state index is 0.0480. The quantitative estimate of drug-likeness (QED) is 0.0573. The van der Waals surface area contributed by atoms with Crippen LogP contribution in [-0.2, 0) is 52.8 Å². The van der Waals surface area contributed by atoms with Crippen LogP contribution in [0.15, 0.2) is 49.2 Å². The second-order valence-corrected chi connectivity index (χ2v) is 12.4. The van der Waals surface area contributed by atoms with Crippen LogP contribution in [-0.4, -0.2) is 117 Å². The third-order valence-corrected chi connectivity index (χ3v) is 7.51. The van der Waals surface area contributed by atoms with Crippen molar-refractivity contribution in [3.8, 4) is 5.75 Å². The van der Waals surface area contributed by atoms with Gasteiger partial charge < -0.3 is 46.1 Å². The van der Waals surface area contributed by atoms with Gasteiger partial charge in [-0.1, -0.05) is 31.2 Å². The van der Waals surface area contributed by atoms with Gasteiger partial charge in [-0.05, 0) is 30.0 Å². The number of H-pyrrole nitrogens is 1. The van der Waals surface area contributed by atoms with Crippen molar-refractivity contribution < 1.29 is 39.9 Å². The van der Waals surface area contributed by atoms with Crippen molar-refractivity contribution >= 4 is 29.5 Å². The number of rotatable bonds is 24. The van der Waals surface area contributed by atoms with E-state index in [1.807, 2.05) is 13.8 Å². The molecule has 0 unspecified atom stereocenters. The molecule has 52 heavy (non-hydrogen) atoms. The van der Waals surface area contributed by atoms with Gasteiger partial charge in [0.2, 0.25) is 29.5 Å². The van der Waals surface area contributed by atoms with Gasteiger partial charge in [-0.25, -0.2) is 4.98 Å². The molecule has 0 spiro atoms. The first kappa shape index (κ1) is 39.4. The van der Waals surface area contributed by atoms with Gasteiger partial charge in [-0.2, -0.15) is 0 Å². The first-order valence-corrected chi connectivity index (χ1v) is 17.1. The topological polar surface area (TPSA) is 244 Å². The van der Waals surface area contributed by atoms with E-state index in [0.717, 1.165) is 5.69 Å². The van der Waals surface area contributed by atoms with E-state index < -0.39 is 47.7 Å². The number of phenolic OH excluding ortho intramolecular Hbond substituents is 1. The minimum atomic E-state index is -1.28. The van der Waals surface area contributed by atoms with Crippen molar-refractivity contribution in [2.45, 2.75) is 71.1 Å². The molecular formula is C34H50N10O8. The Labute approximate surface area is 303 Å². The monoisotopic (exact) mass is 728 g/mol. The molecule has 3 atom stereocenters. The molecule has 284 valence electrons. The summed E-state index contributed by atoms with van der Waals surface area (Å²) in [6, 6.07) is 2.76. The Morgan fingerprint density at radius 1 is 0.904 bits per heavy atom. The smallest absolute Gasteiger partial charge is 0.243 e. The van der Waals surface area contributed by atoms with E-state index in [2.05, 4.69) is 46.9 Å². The number of nitrogens with one attached hydrogen (secondary N) is 6. The van der Waals surface area contributed by atoms with Crippen LogP contribution < -0.4 is 26.6 Å². The van der Waals surface area contributed by atoms with Crippen LogP contribution in [0.4, 0.5) is 0 Å². The molecule has 0 saturated carbocycles. The van der Waals surface area contributed by atoms with Crippen LogP contribution in [0.2, 0.25) is 0 Å². The Hall–Kier alpha value is -5.36. The lowest BCUT2D eigenvalue weighted by Crippen LogP contribution is -2.58. The highest BCUT2D eigenvalue weighted by molar-refractivity contribution is 5.95. The van der Waals surface area contributed by atoms with E-state index in [4.69, 9.17) is 10.8 Å². The number of ether oxygens (including phenoxy) is 2. The Balaban J connectivity index is 1.58. The fraction of sp³-hybridized carbons (Fsp3) is 0.529. The van der Waals surface area contributed by atoms with Crippen LogP contribution >= 0.6 is 0 Å². The molecular weight excluding hydrogens is 676 g/mol. The summed E-state index contributed by atoms with van der Waals surface area (Å²) in [5, 5.41) is 30.4. The molecule has 0 saturated heterocycles. The second-order valence-electron chi connectivity index (χ2n) is 12.4. The summed E-state index contributed by atoms with van der Waals surface area (Å²) >= 11 is 0. The Bertz CT molecular complexity index is 1590. The van der Waals surface area contributed by atoms with Crippen molar-refractivity contribution in [3.05, 3.63) is 60.4 Å². The molecule has 1 aromatic carbocycles. The van der Waals surface area contributed by atoms with Crippen LogP contribution in [0.3, 0.4) is 0 Å². The Kier molecular flexibility index (Phi) is 17.0. The zero-order valence-corrected chi connectivity index (χ0v) is 29.7. The molecule has 3 aromatic rings. The van der Waals surface area contributed by atoms with Gasteiger partial charge in [0.25, 0.3) is 0 Å². The number of hydrogen-bond donors (Lipinski definition) is 7. The highest BCUT2D eigenvalue weighted by atomic mass is 16.5. The molecule has 2 heterocycles. The first-order chi connectivity index (χ1) is 25.4. The molecule has 0 aliphatic heterocycles. The summed E-state index contributed by atoms with van der Waals surface area (Å²) in [6.07, 6.45) is 5.11. The van der Waals surface area contributed by atoms with Gasteiger partial charge in [-0.15, -0.1) is 5.10 Å². The van der Waals surface area contributed by atoms with Gasteiger partial charge in [-0.3, -0.25) is 28.7 Å². The van der Waals surface area contributed by atoms with E-state index in [1.165, 1.54) is 36.3 Å². The van der Waals surface area contributed by atoms with E-state index in [1.54, 1.807) is 18.3 Å². The maximum absolute atomic E-state index is 13.7. The number of aromatic nitrogens is 5. The minimum Gasteiger partial charge on any atom is -0.508 e. The number of benzene rings is 1. The van der Waals surface area contributed by atoms with Crippen molar-refractivity contribution in [2.75, 3.05) is 39.5 Å². The lowest BCUT2D eigenvalue weighted by molar-refractivity contribution is -0.135. The predicted octanol–water partition coefficient (Wildman–Crippen LogP) is -0.632. The zero-order chi connectivity index (χ0) is 38.6. The van der Waals surface area contributed by atoms with Crippen molar-refractivity contribution in [3.63, 3.8) is 0 Å². The Morgan fingerprint density at radius 3 is 2.27 bits per heavy atom. The van der Waals surface area contributed by atoms with Gasteiger partial charge in [0.05, 0.1) is 53.3 Å². The van der Waals surface area contributed by atoms with E-state index >= 15 is 0 Å². The van der Waals surface area contributed by atoms with Crippen molar-refractivity contribution in [2.24, 2.45) is 5.92 Å². The van der Waals surface area contributed by atoms with E-state index in [0.29, 0.717) is 25.1 Å². The summed E-state index contributed by atoms with van der Waals surface area (Å²) in [5.41, 5.74) is 1.48. The third-order valence-electron chi connectivity index (χ3n) is 7.51. The van der Waals surface area contributed by atoms with Gasteiger partial charge in [0.15, 0.2) is 0 Å². The maximum atomic E-state index is 13.7. The normalized spacial score (nSPS) is 13.0. The second kappa shape index (κ2) is 22.5. The third kappa shape index (κ3) is 16.1. The van der Waals surface area contributed by atoms with Crippen molar-refractivity contribution in [1.29, 1.82) is 0 Å². The lowest BCUT2D eigenvalue weighted by Gasteiger charge is -2.26. The molecule has 0 fully saturated rings. The van der Waals surface area contributed by atoms with Crippen LogP contribution in [0.1, 0.15) is 46.2 Å². The SMILES string of the molecule is [3H]c1cn(CCOCCOCCNC(=O)[C@H](CC(=O)NCCc2cnc[nH]2)NC(=O)[C@@H](CC(C)C)NC(=O)[C@H](Cc2ccc(O)cc2)NC(C)=O)nn1. The number of carbonyl (C=O) groups excluding carboxylic acids is 5. The average Bonchev–Trinajstić information content (AvgIpc) is 3.78. The number of amides is 5. The number of nitrogens with zero attached hydrogens (tertiary/aromatic N) is 4. The number of aromatic amines is 1. The molecule has 5 amide bonds. The zero-order valence-electron chi connectivity index (χ0n) is 30.7. The molecule has 3 rings (SSSR count). The molecule has 0 aliphatic carbocycles. The average molecular weight is 729 g/mol. The van der Waals surface area contributed by atoms with Crippen LogP contribution in [0.5, 0.6) is 5.75 Å². The van der Waals surface area contributed by atoms with Crippen molar-refractivity contribution in [1.82, 2.24) is 51.5 Å². The van der Waals surface area contributed by atoms with Gasteiger partial charge >= 0.3 is 0 Å². The van der Waals surface area contributed by atoms with Crippen LogP contribution in [0.25, 0.3) is 0 Å². The fourth-order valence-electron chi connectivity index (χ4n) is 4.96. The number of phenols is 1. The largest absolute Gasteiger partial charge is 0.508 e. The molecule has 0 radical (unpaired) electrons. The molecule has 0 bridgehead atoms. The summed E-state index contributed by atoms with van der Waals surface area (Å²) in [6.45, 7) is 6.79. The first-order valence-electron chi connectivity index (χ1n) is 17.6. The highest BCUT2D eigenvalue weighted by Crippen LogP contribution is 2.13. The highest BCUT2D eigenvalue weighted by Gasteiger charge is 2.31. The number of aromatic hydroxyl groups is 1. The molecule has 0 aliphatic rings. The molecule has 2 aromatic heterocycles. The number of carbonyl (C=O) groups is 5. The number of imidazole rings is 1. The van der Waals surface area contributed by atoms with E-state index in [-0.39, 0.29) is 70.0 Å². The van der Waals surface area contributed by atoms with Gasteiger partial charge in [0, 0.05) is 50.9 Å². The van der Waals surface area contributed by atoms with Crippen LogP contribution in [0, 0.1) is 5.92 Å². The molecule has 18 nitrogen and oxygen atoms in total. The fourth-order valence-corrected chi connectivity index (χ4v) is 4.96.